The highest BCUT2D eigenvalue weighted by Gasteiger charge is 2.55. The van der Waals surface area contributed by atoms with E-state index >= 15 is 0 Å². The van der Waals surface area contributed by atoms with Gasteiger partial charge in [-0.3, -0.25) is 9.59 Å². The molecule has 1 aromatic carbocycles. The summed E-state index contributed by atoms with van der Waals surface area (Å²) in [5.74, 6) is -4.13. The summed E-state index contributed by atoms with van der Waals surface area (Å²) < 4.78 is 17.0. The van der Waals surface area contributed by atoms with Crippen LogP contribution in [-0.2, 0) is 30.2 Å². The van der Waals surface area contributed by atoms with E-state index in [2.05, 4.69) is 15.9 Å². The summed E-state index contributed by atoms with van der Waals surface area (Å²) in [5, 5.41) is 20.2. The van der Waals surface area contributed by atoms with Crippen LogP contribution in [0.4, 0.5) is 4.79 Å². The van der Waals surface area contributed by atoms with Crippen molar-refractivity contribution in [2.45, 2.75) is 70.5 Å². The topological polar surface area (TPSA) is 123 Å². The third kappa shape index (κ3) is 6.67. The SMILES string of the molecule is CC(C)[C@H]1N(C(=O)[C@H](Cc2ccccc2)[C@H]2O[C@@](O)(CCCOCCO)C(Br)=CC2=O)C(=O)OC1(C)C. The highest BCUT2D eigenvalue weighted by atomic mass is 79.9. The summed E-state index contributed by atoms with van der Waals surface area (Å²) >= 11 is 3.25. The molecule has 2 N–H and O–H groups in total. The number of hydrogen-bond acceptors (Lipinski definition) is 8. The number of hydrogen-bond donors (Lipinski definition) is 2. The Morgan fingerprint density at radius 3 is 2.49 bits per heavy atom. The van der Waals surface area contributed by atoms with Gasteiger partial charge in [-0.15, -0.1) is 0 Å². The molecule has 2 heterocycles. The molecule has 0 spiro atoms. The van der Waals surface area contributed by atoms with Gasteiger partial charge in [0.2, 0.25) is 5.91 Å². The maximum atomic E-state index is 14.1. The highest BCUT2D eigenvalue weighted by molar-refractivity contribution is 9.11. The van der Waals surface area contributed by atoms with E-state index in [-0.39, 0.29) is 43.1 Å². The largest absolute Gasteiger partial charge is 0.441 e. The van der Waals surface area contributed by atoms with Gasteiger partial charge in [-0.05, 0) is 60.2 Å². The number of aliphatic hydroxyl groups excluding tert-OH is 1. The van der Waals surface area contributed by atoms with Crippen LogP contribution in [0.25, 0.3) is 0 Å². The Hall–Kier alpha value is -2.11. The maximum absolute atomic E-state index is 14.1. The molecule has 2 amide bonds. The standard InChI is InChI=1S/C27H36BrNO8/c1-17(2)23-26(3,4)37-25(33)29(23)24(32)19(15-18-9-6-5-7-10-18)22-20(31)16-21(28)27(34,36-22)11-8-13-35-14-12-30/h5-7,9-10,16-17,19,22-23,30,34H,8,11-15H2,1-4H3/t19-,22-,23-,27+/m1/s1. The van der Waals surface area contributed by atoms with Crippen LogP contribution >= 0.6 is 15.9 Å². The molecule has 0 saturated carbocycles. The normalized spacial score (nSPS) is 26.3. The van der Waals surface area contributed by atoms with Crippen molar-refractivity contribution in [2.75, 3.05) is 19.8 Å². The molecule has 1 saturated heterocycles. The molecule has 2 aliphatic rings. The van der Waals surface area contributed by atoms with Gasteiger partial charge in [0.25, 0.3) is 0 Å². The van der Waals surface area contributed by atoms with Crippen LogP contribution in [0.2, 0.25) is 0 Å². The molecule has 0 bridgehead atoms. The first-order chi connectivity index (χ1) is 17.4. The van der Waals surface area contributed by atoms with E-state index in [1.165, 1.54) is 6.08 Å². The predicted octanol–water partition coefficient (Wildman–Crippen LogP) is 3.35. The second-order valence-corrected chi connectivity index (χ2v) is 11.2. The van der Waals surface area contributed by atoms with Crippen molar-refractivity contribution in [1.82, 2.24) is 4.90 Å². The number of aliphatic hydroxyl groups is 2. The fraction of sp³-hybridized carbons (Fsp3) is 0.593. The van der Waals surface area contributed by atoms with Crippen LogP contribution in [0, 0.1) is 11.8 Å². The second kappa shape index (κ2) is 12.2. The van der Waals surface area contributed by atoms with Gasteiger partial charge < -0.3 is 24.4 Å². The van der Waals surface area contributed by atoms with Crippen LogP contribution in [0.5, 0.6) is 0 Å². The molecular weight excluding hydrogens is 546 g/mol. The average molecular weight is 582 g/mol. The lowest BCUT2D eigenvalue weighted by molar-refractivity contribution is -0.219. The average Bonchev–Trinajstić information content (AvgIpc) is 3.08. The number of ether oxygens (including phenoxy) is 3. The Morgan fingerprint density at radius 1 is 1.19 bits per heavy atom. The monoisotopic (exact) mass is 581 g/mol. The Labute approximate surface area is 225 Å². The van der Waals surface area contributed by atoms with Crippen LogP contribution in [0.3, 0.4) is 0 Å². The van der Waals surface area contributed by atoms with Gasteiger partial charge in [0.1, 0.15) is 11.7 Å². The summed E-state index contributed by atoms with van der Waals surface area (Å²) in [6, 6.07) is 8.60. The number of cyclic esters (lactones) is 1. The number of imide groups is 1. The molecule has 9 nitrogen and oxygen atoms in total. The Kier molecular flexibility index (Phi) is 9.68. The summed E-state index contributed by atoms with van der Waals surface area (Å²) in [5.41, 5.74) is -0.131. The van der Waals surface area contributed by atoms with E-state index in [1.807, 2.05) is 44.2 Å². The lowest BCUT2D eigenvalue weighted by Gasteiger charge is -2.39. The number of benzene rings is 1. The summed E-state index contributed by atoms with van der Waals surface area (Å²) in [4.78, 5) is 41.3. The zero-order chi connectivity index (χ0) is 27.4. The van der Waals surface area contributed by atoms with Crippen LogP contribution < -0.4 is 0 Å². The molecule has 1 fully saturated rings. The van der Waals surface area contributed by atoms with E-state index in [1.54, 1.807) is 13.8 Å². The Bertz CT molecular complexity index is 1010. The smallest absolute Gasteiger partial charge is 0.417 e. The molecule has 0 radical (unpaired) electrons. The van der Waals surface area contributed by atoms with Crippen molar-refractivity contribution in [2.24, 2.45) is 11.8 Å². The fourth-order valence-electron chi connectivity index (χ4n) is 5.14. The van der Waals surface area contributed by atoms with Crippen LogP contribution in [0.1, 0.15) is 46.1 Å². The number of carbonyl (C=O) groups is 3. The molecule has 10 heteroatoms. The van der Waals surface area contributed by atoms with Crippen molar-refractivity contribution < 1.29 is 38.8 Å². The lowest BCUT2D eigenvalue weighted by Crippen LogP contribution is -2.55. The molecule has 204 valence electrons. The first kappa shape index (κ1) is 29.4. The molecule has 2 aliphatic heterocycles. The fourth-order valence-corrected chi connectivity index (χ4v) is 5.66. The highest BCUT2D eigenvalue weighted by Crippen LogP contribution is 2.40. The number of amides is 2. The quantitative estimate of drug-likeness (QED) is 0.381. The zero-order valence-corrected chi connectivity index (χ0v) is 23.3. The maximum Gasteiger partial charge on any atom is 0.417 e. The second-order valence-electron chi connectivity index (χ2n) is 10.3. The first-order valence-corrected chi connectivity index (χ1v) is 13.3. The minimum atomic E-state index is -1.86. The van der Waals surface area contributed by atoms with E-state index in [0.717, 1.165) is 10.5 Å². The number of ketones is 1. The molecule has 0 aliphatic carbocycles. The number of carbonyl (C=O) groups excluding carboxylic acids is 3. The van der Waals surface area contributed by atoms with Gasteiger partial charge in [0.15, 0.2) is 11.6 Å². The van der Waals surface area contributed by atoms with Gasteiger partial charge in [-0.2, -0.15) is 0 Å². The summed E-state index contributed by atoms with van der Waals surface area (Å²) in [7, 11) is 0. The van der Waals surface area contributed by atoms with Crippen molar-refractivity contribution in [1.29, 1.82) is 0 Å². The Balaban J connectivity index is 1.94. The van der Waals surface area contributed by atoms with Crippen molar-refractivity contribution in [3.8, 4) is 0 Å². The Morgan fingerprint density at radius 2 is 1.86 bits per heavy atom. The zero-order valence-electron chi connectivity index (χ0n) is 21.7. The molecule has 4 atom stereocenters. The van der Waals surface area contributed by atoms with Crippen molar-refractivity contribution in [3.05, 3.63) is 46.5 Å². The third-order valence-corrected chi connectivity index (χ3v) is 7.52. The molecule has 1 aromatic rings. The summed E-state index contributed by atoms with van der Waals surface area (Å²) in [6.45, 7) is 7.65. The predicted molar refractivity (Wildman–Crippen MR) is 139 cm³/mol. The minimum Gasteiger partial charge on any atom is -0.441 e. The van der Waals surface area contributed by atoms with Gasteiger partial charge in [0, 0.05) is 13.0 Å². The minimum absolute atomic E-state index is 0.0823. The van der Waals surface area contributed by atoms with E-state index in [4.69, 9.17) is 19.3 Å². The number of nitrogens with zero attached hydrogens (tertiary/aromatic N) is 1. The molecule has 0 aromatic heterocycles. The van der Waals surface area contributed by atoms with Crippen LogP contribution in [-0.4, -0.2) is 76.3 Å². The third-order valence-electron chi connectivity index (χ3n) is 6.67. The van der Waals surface area contributed by atoms with Crippen molar-refractivity contribution >= 4 is 33.7 Å². The van der Waals surface area contributed by atoms with E-state index in [9.17, 15) is 19.5 Å². The molecular formula is C27H36BrNO8. The molecule has 3 rings (SSSR count). The lowest BCUT2D eigenvalue weighted by atomic mass is 9.85. The van der Waals surface area contributed by atoms with Crippen LogP contribution in [0.15, 0.2) is 40.9 Å². The number of halogens is 1. The van der Waals surface area contributed by atoms with Crippen molar-refractivity contribution in [3.63, 3.8) is 0 Å². The van der Waals surface area contributed by atoms with E-state index < -0.39 is 47.2 Å². The van der Waals surface area contributed by atoms with Gasteiger partial charge >= 0.3 is 6.09 Å². The van der Waals surface area contributed by atoms with E-state index in [0.29, 0.717) is 6.42 Å². The first-order valence-electron chi connectivity index (χ1n) is 12.5. The van der Waals surface area contributed by atoms with Gasteiger partial charge in [-0.1, -0.05) is 44.2 Å². The van der Waals surface area contributed by atoms with Gasteiger partial charge in [-0.25, -0.2) is 9.69 Å². The molecule has 37 heavy (non-hydrogen) atoms. The van der Waals surface area contributed by atoms with Gasteiger partial charge in [0.05, 0.1) is 29.7 Å². The summed E-state index contributed by atoms with van der Waals surface area (Å²) in [6.07, 6.45) is -0.282. The number of rotatable bonds is 11. The molecule has 0 unspecified atom stereocenters.